The van der Waals surface area contributed by atoms with Crippen molar-refractivity contribution in [3.05, 3.63) is 96.8 Å². The Kier molecular flexibility index (Phi) is 7.91. The Morgan fingerprint density at radius 3 is 2.58 bits per heavy atom. The van der Waals surface area contributed by atoms with Crippen LogP contribution in [0.3, 0.4) is 0 Å². The molecule has 0 heterocycles. The van der Waals surface area contributed by atoms with Crippen LogP contribution in [0.1, 0.15) is 11.1 Å². The third-order valence-corrected chi connectivity index (χ3v) is 5.73. The molecule has 1 amide bonds. The van der Waals surface area contributed by atoms with Crippen LogP contribution in [0.15, 0.2) is 66.2 Å². The van der Waals surface area contributed by atoms with Gasteiger partial charge in [0, 0.05) is 11.3 Å². The van der Waals surface area contributed by atoms with Crippen LogP contribution < -0.4 is 10.1 Å². The minimum absolute atomic E-state index is 0.0816. The number of anilines is 1. The second kappa shape index (κ2) is 10.6. The van der Waals surface area contributed by atoms with Crippen molar-refractivity contribution in [2.45, 2.75) is 6.61 Å². The van der Waals surface area contributed by atoms with Crippen molar-refractivity contribution in [3.8, 4) is 11.8 Å². The van der Waals surface area contributed by atoms with Crippen molar-refractivity contribution in [3.63, 3.8) is 0 Å². The molecule has 0 fully saturated rings. The Morgan fingerprint density at radius 1 is 1.13 bits per heavy atom. The molecule has 0 aliphatic heterocycles. The summed E-state index contributed by atoms with van der Waals surface area (Å²) in [4.78, 5) is 12.4. The summed E-state index contributed by atoms with van der Waals surface area (Å²) in [6, 6.07) is 18.1. The number of carbonyl (C=O) groups excluding carboxylic acids is 1. The van der Waals surface area contributed by atoms with Crippen molar-refractivity contribution >= 4 is 63.5 Å². The number of nitrogens with zero attached hydrogens (tertiary/aromatic N) is 1. The number of hydrogen-bond acceptors (Lipinski definition) is 3. The maximum atomic E-state index is 13.7. The number of nitrogens with one attached hydrogen (secondary N) is 1. The molecule has 0 spiro atoms. The molecule has 156 valence electrons. The third kappa shape index (κ3) is 6.20. The fraction of sp³-hybridized carbons (Fsp3) is 0.0435. The zero-order valence-corrected chi connectivity index (χ0v) is 19.5. The molecule has 0 saturated carbocycles. The molecular weight excluding hydrogens is 553 g/mol. The molecule has 3 rings (SSSR count). The lowest BCUT2D eigenvalue weighted by Gasteiger charge is -2.10. The topological polar surface area (TPSA) is 62.1 Å². The van der Waals surface area contributed by atoms with Gasteiger partial charge in [-0.25, -0.2) is 4.39 Å². The SMILES string of the molecule is N#C/C(=C\c1ccc(OCc2ccccc2F)c(I)c1)C(=O)Nc1ccc(Cl)c(Cl)c1. The van der Waals surface area contributed by atoms with E-state index in [9.17, 15) is 14.4 Å². The minimum Gasteiger partial charge on any atom is -0.488 e. The summed E-state index contributed by atoms with van der Waals surface area (Å²) in [5.74, 6) is -0.334. The lowest BCUT2D eigenvalue weighted by Crippen LogP contribution is -2.13. The molecule has 0 bridgehead atoms. The van der Waals surface area contributed by atoms with E-state index in [-0.39, 0.29) is 18.0 Å². The molecule has 0 radical (unpaired) electrons. The van der Waals surface area contributed by atoms with E-state index >= 15 is 0 Å². The Morgan fingerprint density at radius 2 is 1.90 bits per heavy atom. The maximum absolute atomic E-state index is 13.7. The molecule has 0 aliphatic carbocycles. The molecule has 0 aliphatic rings. The molecule has 8 heteroatoms. The fourth-order valence-electron chi connectivity index (χ4n) is 2.58. The molecule has 0 saturated heterocycles. The molecule has 0 atom stereocenters. The van der Waals surface area contributed by atoms with E-state index in [1.807, 2.05) is 6.07 Å². The summed E-state index contributed by atoms with van der Waals surface area (Å²) in [6.07, 6.45) is 1.47. The van der Waals surface area contributed by atoms with E-state index in [2.05, 4.69) is 27.9 Å². The first-order valence-corrected chi connectivity index (χ1v) is 10.7. The van der Waals surface area contributed by atoms with E-state index < -0.39 is 5.91 Å². The molecule has 1 N–H and O–H groups in total. The average Bonchev–Trinajstić information content (AvgIpc) is 2.75. The van der Waals surface area contributed by atoms with Gasteiger partial charge in [0.1, 0.15) is 29.8 Å². The van der Waals surface area contributed by atoms with Crippen molar-refractivity contribution < 1.29 is 13.9 Å². The van der Waals surface area contributed by atoms with Crippen LogP contribution in [0.4, 0.5) is 10.1 Å². The Hall–Kier alpha value is -2.60. The van der Waals surface area contributed by atoms with E-state index in [4.69, 9.17) is 27.9 Å². The fourth-order valence-corrected chi connectivity index (χ4v) is 3.58. The van der Waals surface area contributed by atoms with Gasteiger partial charge in [-0.3, -0.25) is 4.79 Å². The summed E-state index contributed by atoms with van der Waals surface area (Å²) in [5, 5.41) is 12.7. The van der Waals surface area contributed by atoms with Crippen LogP contribution in [0.25, 0.3) is 6.08 Å². The predicted molar refractivity (Wildman–Crippen MR) is 129 cm³/mol. The summed E-state index contributed by atoms with van der Waals surface area (Å²) >= 11 is 13.9. The molecule has 3 aromatic carbocycles. The Bertz CT molecular complexity index is 1210. The van der Waals surface area contributed by atoms with E-state index in [0.717, 1.165) is 3.57 Å². The van der Waals surface area contributed by atoms with Crippen LogP contribution in [0.5, 0.6) is 5.75 Å². The third-order valence-electron chi connectivity index (χ3n) is 4.15. The summed E-state index contributed by atoms with van der Waals surface area (Å²) in [5.41, 5.74) is 1.44. The smallest absolute Gasteiger partial charge is 0.266 e. The number of nitriles is 1. The molecule has 0 aromatic heterocycles. The van der Waals surface area contributed by atoms with Gasteiger partial charge in [0.25, 0.3) is 5.91 Å². The van der Waals surface area contributed by atoms with Crippen LogP contribution >= 0.6 is 45.8 Å². The summed E-state index contributed by atoms with van der Waals surface area (Å²) < 4.78 is 20.2. The van der Waals surface area contributed by atoms with E-state index in [1.54, 1.807) is 48.5 Å². The van der Waals surface area contributed by atoms with Crippen LogP contribution in [-0.4, -0.2) is 5.91 Å². The van der Waals surface area contributed by atoms with Crippen LogP contribution in [-0.2, 0) is 11.4 Å². The minimum atomic E-state index is -0.573. The first-order chi connectivity index (χ1) is 14.9. The molecule has 4 nitrogen and oxygen atoms in total. The van der Waals surface area contributed by atoms with Crippen molar-refractivity contribution in [1.29, 1.82) is 5.26 Å². The summed E-state index contributed by atoms with van der Waals surface area (Å²) in [6.45, 7) is 0.0906. The lowest BCUT2D eigenvalue weighted by atomic mass is 10.1. The van der Waals surface area contributed by atoms with Crippen molar-refractivity contribution in [2.75, 3.05) is 5.32 Å². The number of benzene rings is 3. The lowest BCUT2D eigenvalue weighted by molar-refractivity contribution is -0.112. The largest absolute Gasteiger partial charge is 0.488 e. The number of hydrogen-bond donors (Lipinski definition) is 1. The number of carbonyl (C=O) groups is 1. The zero-order valence-electron chi connectivity index (χ0n) is 15.8. The number of amides is 1. The Balaban J connectivity index is 1.72. The van der Waals surface area contributed by atoms with Crippen LogP contribution in [0.2, 0.25) is 10.0 Å². The second-order valence-electron chi connectivity index (χ2n) is 6.32. The van der Waals surface area contributed by atoms with Crippen molar-refractivity contribution in [1.82, 2.24) is 0 Å². The quantitative estimate of drug-likeness (QED) is 0.201. The van der Waals surface area contributed by atoms with Gasteiger partial charge in [-0.2, -0.15) is 5.26 Å². The van der Waals surface area contributed by atoms with Crippen LogP contribution in [0, 0.1) is 20.7 Å². The average molecular weight is 567 g/mol. The first-order valence-electron chi connectivity index (χ1n) is 8.91. The summed E-state index contributed by atoms with van der Waals surface area (Å²) in [7, 11) is 0. The Labute approximate surface area is 202 Å². The number of halogens is 4. The van der Waals surface area contributed by atoms with Gasteiger partial charge < -0.3 is 10.1 Å². The number of ether oxygens (including phenoxy) is 1. The van der Waals surface area contributed by atoms with Gasteiger partial charge in [-0.15, -0.1) is 0 Å². The van der Waals surface area contributed by atoms with E-state index in [1.165, 1.54) is 18.2 Å². The molecule has 3 aromatic rings. The highest BCUT2D eigenvalue weighted by Gasteiger charge is 2.12. The molecule has 0 unspecified atom stereocenters. The maximum Gasteiger partial charge on any atom is 0.266 e. The standard InChI is InChI=1S/C23H14Cl2FIN2O2/c24-18-7-6-17(11-19(18)25)29-23(30)16(12-28)9-14-5-8-22(21(27)10-14)31-13-15-3-1-2-4-20(15)26/h1-11H,13H2,(H,29,30)/b16-9+. The highest BCUT2D eigenvalue weighted by atomic mass is 127. The normalized spacial score (nSPS) is 11.0. The van der Waals surface area contributed by atoms with Gasteiger partial charge in [0.05, 0.1) is 13.6 Å². The second-order valence-corrected chi connectivity index (χ2v) is 8.30. The number of rotatable bonds is 6. The highest BCUT2D eigenvalue weighted by molar-refractivity contribution is 14.1. The van der Waals surface area contributed by atoms with Gasteiger partial charge in [-0.05, 0) is 70.6 Å². The zero-order chi connectivity index (χ0) is 22.4. The van der Waals surface area contributed by atoms with Gasteiger partial charge in [0.15, 0.2) is 0 Å². The molecule has 31 heavy (non-hydrogen) atoms. The van der Waals surface area contributed by atoms with Crippen molar-refractivity contribution in [2.24, 2.45) is 0 Å². The highest BCUT2D eigenvalue weighted by Crippen LogP contribution is 2.26. The van der Waals surface area contributed by atoms with Gasteiger partial charge in [0.2, 0.25) is 0 Å². The first kappa shape index (κ1) is 23.1. The predicted octanol–water partition coefficient (Wildman–Crippen LogP) is 6.86. The van der Waals surface area contributed by atoms with Gasteiger partial charge >= 0.3 is 0 Å². The monoisotopic (exact) mass is 566 g/mol. The van der Waals surface area contributed by atoms with Gasteiger partial charge in [-0.1, -0.05) is 47.5 Å². The van der Waals surface area contributed by atoms with E-state index in [0.29, 0.717) is 32.6 Å². The molecular formula is C23H14Cl2FIN2O2.